The fourth-order valence-electron chi connectivity index (χ4n) is 3.48. The average Bonchev–Trinajstić information content (AvgIpc) is 2.72. The summed E-state index contributed by atoms with van der Waals surface area (Å²) < 4.78 is 19.3. The van der Waals surface area contributed by atoms with Crippen LogP contribution in [0.25, 0.3) is 0 Å². The quantitative estimate of drug-likeness (QED) is 0.0982. The number of phosphoric ester groups is 1. The summed E-state index contributed by atoms with van der Waals surface area (Å²) >= 11 is 0. The predicted molar refractivity (Wildman–Crippen MR) is 122 cm³/mol. The first-order valence-corrected chi connectivity index (χ1v) is 13.9. The molecule has 0 spiro atoms. The van der Waals surface area contributed by atoms with Crippen LogP contribution in [0.5, 0.6) is 0 Å². The first-order valence-electron chi connectivity index (χ1n) is 12.4. The second-order valence-electron chi connectivity index (χ2n) is 8.51. The zero-order valence-electron chi connectivity index (χ0n) is 20.6. The molecular weight excluding hydrogens is 442 g/mol. The summed E-state index contributed by atoms with van der Waals surface area (Å²) in [5.41, 5.74) is 0. The van der Waals surface area contributed by atoms with E-state index in [0.29, 0.717) is 0 Å². The van der Waals surface area contributed by atoms with Gasteiger partial charge in [-0.3, -0.25) is 9.36 Å². The summed E-state index contributed by atoms with van der Waals surface area (Å²) in [6.45, 7) is 1.27. The molecule has 0 bridgehead atoms. The van der Waals surface area contributed by atoms with Crippen LogP contribution in [0.15, 0.2) is 0 Å². The van der Waals surface area contributed by atoms with E-state index in [9.17, 15) is 19.4 Å². The standard InChI is InChI=1S/C23H47O7P.Na/c1-2-3-4-5-6-7-8-9-10-11-12-13-14-15-16-17-18-19-23(25)29-20-22(24)21-30-31(26,27)28;/h22,24H,2-21H2,1H3,(H2,26,27,28);/q;+1/p-1/t22-;/m1./s1. The summed E-state index contributed by atoms with van der Waals surface area (Å²) in [7, 11) is -4.87. The molecular formula is C23H46NaO7P. The van der Waals surface area contributed by atoms with Gasteiger partial charge in [0.2, 0.25) is 0 Å². The SMILES string of the molecule is CCCCCCCCCCCCCCCCCCCC(=O)OC[C@@H](O)COP(=O)([O-])O.[Na+]. The van der Waals surface area contributed by atoms with Crippen LogP contribution in [0.2, 0.25) is 0 Å². The van der Waals surface area contributed by atoms with Crippen LogP contribution >= 0.6 is 7.82 Å². The smallest absolute Gasteiger partial charge is 0.756 e. The molecule has 2 N–H and O–H groups in total. The Morgan fingerprint density at radius 3 is 1.53 bits per heavy atom. The number of hydrogen-bond acceptors (Lipinski definition) is 6. The van der Waals surface area contributed by atoms with E-state index in [-0.39, 0.29) is 42.6 Å². The second-order valence-corrected chi connectivity index (χ2v) is 9.70. The van der Waals surface area contributed by atoms with Crippen molar-refractivity contribution >= 4 is 13.8 Å². The summed E-state index contributed by atoms with van der Waals surface area (Å²) in [5, 5.41) is 9.41. The van der Waals surface area contributed by atoms with E-state index in [1.54, 1.807) is 0 Å². The normalized spacial score (nSPS) is 13.9. The van der Waals surface area contributed by atoms with Crippen LogP contribution in [-0.4, -0.2) is 35.3 Å². The first kappa shape index (κ1) is 34.7. The van der Waals surface area contributed by atoms with E-state index in [1.807, 2.05) is 0 Å². The van der Waals surface area contributed by atoms with E-state index in [4.69, 9.17) is 9.63 Å². The van der Waals surface area contributed by atoms with Gasteiger partial charge in [-0.2, -0.15) is 0 Å². The third-order valence-corrected chi connectivity index (χ3v) is 5.83. The molecule has 0 aromatic heterocycles. The number of carbonyl (C=O) groups excluding carboxylic acids is 1. The minimum absolute atomic E-state index is 0. The Morgan fingerprint density at radius 1 is 0.781 bits per heavy atom. The van der Waals surface area contributed by atoms with Crippen LogP contribution < -0.4 is 34.5 Å². The fourth-order valence-corrected chi connectivity index (χ4v) is 3.84. The van der Waals surface area contributed by atoms with Crippen molar-refractivity contribution in [3.8, 4) is 0 Å². The number of phosphoric acid groups is 1. The maximum atomic E-state index is 11.6. The van der Waals surface area contributed by atoms with Crippen molar-refractivity contribution in [2.45, 2.75) is 129 Å². The van der Waals surface area contributed by atoms with Crippen molar-refractivity contribution in [3.05, 3.63) is 0 Å². The molecule has 186 valence electrons. The van der Waals surface area contributed by atoms with Gasteiger partial charge in [-0.1, -0.05) is 110 Å². The van der Waals surface area contributed by atoms with Crippen molar-refractivity contribution in [3.63, 3.8) is 0 Å². The largest absolute Gasteiger partial charge is 1.00 e. The van der Waals surface area contributed by atoms with E-state index >= 15 is 0 Å². The number of esters is 1. The van der Waals surface area contributed by atoms with Gasteiger partial charge >= 0.3 is 35.5 Å². The number of rotatable bonds is 23. The Kier molecular flexibility index (Phi) is 26.7. The summed E-state index contributed by atoms with van der Waals surface area (Å²) in [6, 6.07) is 0. The van der Waals surface area contributed by atoms with Crippen LogP contribution in [0.3, 0.4) is 0 Å². The van der Waals surface area contributed by atoms with Crippen molar-refractivity contribution in [1.82, 2.24) is 0 Å². The third-order valence-electron chi connectivity index (χ3n) is 5.35. The number of hydrogen-bond donors (Lipinski definition) is 2. The fraction of sp³-hybridized carbons (Fsp3) is 0.957. The van der Waals surface area contributed by atoms with Gasteiger partial charge in [0.1, 0.15) is 12.7 Å². The van der Waals surface area contributed by atoms with Gasteiger partial charge in [-0.05, 0) is 6.42 Å². The van der Waals surface area contributed by atoms with Gasteiger partial charge in [-0.15, -0.1) is 0 Å². The number of aliphatic hydroxyl groups excluding tert-OH is 1. The molecule has 0 aromatic carbocycles. The Labute approximate surface area is 218 Å². The Balaban J connectivity index is 0. The van der Waals surface area contributed by atoms with Crippen molar-refractivity contribution in [2.24, 2.45) is 0 Å². The number of unbranched alkanes of at least 4 members (excludes halogenated alkanes) is 16. The molecule has 0 aliphatic carbocycles. The molecule has 7 nitrogen and oxygen atoms in total. The Morgan fingerprint density at radius 2 is 1.16 bits per heavy atom. The molecule has 0 amide bonds. The number of ether oxygens (including phenoxy) is 1. The molecule has 0 heterocycles. The molecule has 0 saturated carbocycles. The van der Waals surface area contributed by atoms with E-state index < -0.39 is 26.5 Å². The minimum Gasteiger partial charge on any atom is -0.756 e. The Bertz CT molecular complexity index is 460. The summed E-state index contributed by atoms with van der Waals surface area (Å²) in [4.78, 5) is 30.4. The van der Waals surface area contributed by atoms with Crippen molar-refractivity contribution in [1.29, 1.82) is 0 Å². The van der Waals surface area contributed by atoms with Crippen molar-refractivity contribution in [2.75, 3.05) is 13.2 Å². The maximum absolute atomic E-state index is 11.6. The predicted octanol–water partition coefficient (Wildman–Crippen LogP) is 2.41. The topological polar surface area (TPSA) is 116 Å². The van der Waals surface area contributed by atoms with Crippen LogP contribution in [0.1, 0.15) is 122 Å². The molecule has 32 heavy (non-hydrogen) atoms. The molecule has 0 aliphatic heterocycles. The van der Waals surface area contributed by atoms with Crippen LogP contribution in [-0.2, 0) is 18.6 Å². The maximum Gasteiger partial charge on any atom is 1.00 e. The molecule has 2 atom stereocenters. The van der Waals surface area contributed by atoms with Gasteiger partial charge in [0.05, 0.1) is 6.61 Å². The molecule has 0 saturated heterocycles. The molecule has 0 radical (unpaired) electrons. The molecule has 1 unspecified atom stereocenters. The molecule has 0 aliphatic rings. The molecule has 0 aromatic rings. The van der Waals surface area contributed by atoms with E-state index in [1.165, 1.54) is 89.9 Å². The zero-order valence-corrected chi connectivity index (χ0v) is 23.5. The zero-order chi connectivity index (χ0) is 23.2. The van der Waals surface area contributed by atoms with Gasteiger partial charge in [0.15, 0.2) is 0 Å². The monoisotopic (exact) mass is 488 g/mol. The van der Waals surface area contributed by atoms with Crippen molar-refractivity contribution < 1.29 is 63.1 Å². The summed E-state index contributed by atoms with van der Waals surface area (Å²) in [6.07, 6.45) is 20.7. The second kappa shape index (κ2) is 24.7. The minimum atomic E-state index is -4.87. The number of carbonyl (C=O) groups is 1. The van der Waals surface area contributed by atoms with Crippen LogP contribution in [0.4, 0.5) is 0 Å². The van der Waals surface area contributed by atoms with Gasteiger partial charge < -0.3 is 24.2 Å². The van der Waals surface area contributed by atoms with Crippen LogP contribution in [0, 0.1) is 0 Å². The van der Waals surface area contributed by atoms with E-state index in [2.05, 4.69) is 11.4 Å². The van der Waals surface area contributed by atoms with Gasteiger partial charge in [-0.25, -0.2) is 0 Å². The molecule has 9 heteroatoms. The van der Waals surface area contributed by atoms with Gasteiger partial charge in [0, 0.05) is 6.42 Å². The number of aliphatic hydroxyl groups is 1. The third kappa shape index (κ3) is 28.6. The van der Waals surface area contributed by atoms with Gasteiger partial charge in [0.25, 0.3) is 7.82 Å². The Hall–Kier alpha value is 0.540. The summed E-state index contributed by atoms with van der Waals surface area (Å²) in [5.74, 6) is -0.422. The average molecular weight is 489 g/mol. The molecule has 0 rings (SSSR count). The van der Waals surface area contributed by atoms with E-state index in [0.717, 1.165) is 19.3 Å². The first-order chi connectivity index (χ1) is 14.8. The molecule has 0 fully saturated rings.